The van der Waals surface area contributed by atoms with Crippen LogP contribution in [0.15, 0.2) is 25.3 Å². The smallest absolute Gasteiger partial charge is 0.190 e. The highest BCUT2D eigenvalue weighted by Crippen LogP contribution is 2.31. The average Bonchev–Trinajstić information content (AvgIpc) is 2.29. The molecule has 0 N–H and O–H groups in total. The van der Waals surface area contributed by atoms with E-state index in [1.807, 2.05) is 12.2 Å². The molecule has 0 bridgehead atoms. The number of allylic oxidation sites excluding steroid dienone is 1. The van der Waals surface area contributed by atoms with Crippen molar-refractivity contribution in [3.8, 4) is 0 Å². The maximum absolute atomic E-state index is 6.45. The van der Waals surface area contributed by atoms with Crippen LogP contribution < -0.4 is 0 Å². The van der Waals surface area contributed by atoms with Crippen molar-refractivity contribution in [2.24, 2.45) is 5.92 Å². The minimum absolute atomic E-state index is 0.411. The molecule has 1 fully saturated rings. The van der Waals surface area contributed by atoms with Crippen LogP contribution in [0.25, 0.3) is 0 Å². The Morgan fingerprint density at radius 3 is 2.35 bits per heavy atom. The van der Waals surface area contributed by atoms with Gasteiger partial charge in [-0.05, 0) is 44.3 Å². The van der Waals surface area contributed by atoms with Crippen LogP contribution in [0.5, 0.6) is 0 Å². The van der Waals surface area contributed by atoms with Crippen molar-refractivity contribution in [3.63, 3.8) is 0 Å². The van der Waals surface area contributed by atoms with Crippen molar-refractivity contribution in [1.29, 1.82) is 0 Å². The van der Waals surface area contributed by atoms with Gasteiger partial charge in [0.1, 0.15) is 0 Å². The van der Waals surface area contributed by atoms with Gasteiger partial charge >= 0.3 is 0 Å². The van der Waals surface area contributed by atoms with Gasteiger partial charge in [0.2, 0.25) is 0 Å². The van der Waals surface area contributed by atoms with Crippen LogP contribution in [0.2, 0.25) is 19.1 Å². The molecule has 17 heavy (non-hydrogen) atoms. The van der Waals surface area contributed by atoms with E-state index in [0.717, 1.165) is 18.4 Å². The summed E-state index contributed by atoms with van der Waals surface area (Å²) in [7, 11) is -1.55. The first-order valence-electron chi connectivity index (χ1n) is 6.98. The van der Waals surface area contributed by atoms with E-state index in [4.69, 9.17) is 4.43 Å². The Morgan fingerprint density at radius 1 is 1.18 bits per heavy atom. The number of hydrogen-bond acceptors (Lipinski definition) is 1. The van der Waals surface area contributed by atoms with Gasteiger partial charge < -0.3 is 4.43 Å². The van der Waals surface area contributed by atoms with Gasteiger partial charge in [0.25, 0.3) is 0 Å². The van der Waals surface area contributed by atoms with Crippen molar-refractivity contribution < 1.29 is 4.43 Å². The van der Waals surface area contributed by atoms with Crippen molar-refractivity contribution in [3.05, 3.63) is 25.3 Å². The number of rotatable bonds is 7. The summed E-state index contributed by atoms with van der Waals surface area (Å²) in [6, 6.07) is 1.05. The normalized spacial score (nSPS) is 19.9. The molecule has 1 unspecified atom stereocenters. The van der Waals surface area contributed by atoms with Crippen LogP contribution in [0, 0.1) is 5.92 Å². The molecule has 0 saturated heterocycles. The van der Waals surface area contributed by atoms with E-state index < -0.39 is 8.32 Å². The highest BCUT2D eigenvalue weighted by molar-refractivity contribution is 6.71. The Morgan fingerprint density at radius 2 is 1.82 bits per heavy atom. The van der Waals surface area contributed by atoms with Crippen LogP contribution in [-0.2, 0) is 4.43 Å². The minimum Gasteiger partial charge on any atom is -0.414 e. The van der Waals surface area contributed by atoms with Gasteiger partial charge in [-0.25, -0.2) is 0 Å². The summed E-state index contributed by atoms with van der Waals surface area (Å²) in [6.07, 6.45) is 12.3. The molecular weight excluding hydrogens is 224 g/mol. The molecule has 2 heteroatoms. The van der Waals surface area contributed by atoms with Gasteiger partial charge in [-0.3, -0.25) is 0 Å². The van der Waals surface area contributed by atoms with Crippen LogP contribution in [-0.4, -0.2) is 14.4 Å². The lowest BCUT2D eigenvalue weighted by Crippen LogP contribution is -2.38. The van der Waals surface area contributed by atoms with E-state index in [-0.39, 0.29) is 0 Å². The molecule has 98 valence electrons. The maximum Gasteiger partial charge on any atom is 0.190 e. The summed E-state index contributed by atoms with van der Waals surface area (Å²) < 4.78 is 6.45. The van der Waals surface area contributed by atoms with Gasteiger partial charge in [0.05, 0.1) is 6.10 Å². The highest BCUT2D eigenvalue weighted by atomic mass is 28.4. The second-order valence-electron chi connectivity index (χ2n) is 5.83. The fraction of sp³-hybridized carbons (Fsp3) is 0.733. The lowest BCUT2D eigenvalue weighted by atomic mass is 9.84. The van der Waals surface area contributed by atoms with Crippen LogP contribution in [0.1, 0.15) is 38.5 Å². The van der Waals surface area contributed by atoms with E-state index in [9.17, 15) is 0 Å². The number of hydrogen-bond donors (Lipinski definition) is 0. The molecule has 0 aliphatic heterocycles. The van der Waals surface area contributed by atoms with E-state index in [0.29, 0.717) is 6.10 Å². The molecule has 1 aliphatic rings. The van der Waals surface area contributed by atoms with Crippen molar-refractivity contribution >= 4 is 8.32 Å². The summed E-state index contributed by atoms with van der Waals surface area (Å²) in [5.74, 6) is 0.762. The van der Waals surface area contributed by atoms with E-state index in [2.05, 4.69) is 26.3 Å². The maximum atomic E-state index is 6.45. The molecule has 0 spiro atoms. The minimum atomic E-state index is -1.55. The lowest BCUT2D eigenvalue weighted by molar-refractivity contribution is 0.102. The average molecular weight is 252 g/mol. The molecular formula is C15H28OSi. The first-order chi connectivity index (χ1) is 8.09. The largest absolute Gasteiger partial charge is 0.414 e. The molecule has 1 aliphatic carbocycles. The SMILES string of the molecule is C=CCC(O[Si](C)(C)CC=C)C1CCCCC1. The molecule has 1 saturated carbocycles. The molecule has 0 aromatic rings. The van der Waals surface area contributed by atoms with Crippen LogP contribution in [0.3, 0.4) is 0 Å². The van der Waals surface area contributed by atoms with Gasteiger partial charge in [-0.2, -0.15) is 0 Å². The molecule has 1 nitrogen and oxygen atoms in total. The lowest BCUT2D eigenvalue weighted by Gasteiger charge is -2.35. The second kappa shape index (κ2) is 7.17. The van der Waals surface area contributed by atoms with Gasteiger partial charge in [-0.1, -0.05) is 31.4 Å². The van der Waals surface area contributed by atoms with Gasteiger partial charge in [-0.15, -0.1) is 13.2 Å². The van der Waals surface area contributed by atoms with Crippen molar-refractivity contribution in [2.45, 2.75) is 63.8 Å². The molecule has 1 atom stereocenters. The Hall–Kier alpha value is -0.343. The van der Waals surface area contributed by atoms with E-state index in [1.165, 1.54) is 32.1 Å². The predicted octanol–water partition coefficient (Wildman–Crippen LogP) is 4.92. The fourth-order valence-electron chi connectivity index (χ4n) is 2.81. The zero-order chi connectivity index (χ0) is 12.7. The third-order valence-electron chi connectivity index (χ3n) is 3.68. The first-order valence-corrected chi connectivity index (χ1v) is 10.1. The van der Waals surface area contributed by atoms with Crippen LogP contribution in [0.4, 0.5) is 0 Å². The summed E-state index contributed by atoms with van der Waals surface area (Å²) in [5.41, 5.74) is 0. The zero-order valence-corrected chi connectivity index (χ0v) is 12.6. The molecule has 0 amide bonds. The Bertz CT molecular complexity index is 241. The quantitative estimate of drug-likeness (QED) is 0.461. The summed E-state index contributed by atoms with van der Waals surface area (Å²) in [5, 5.41) is 0. The van der Waals surface area contributed by atoms with Crippen LogP contribution >= 0.6 is 0 Å². The molecule has 0 aromatic carbocycles. The van der Waals surface area contributed by atoms with Gasteiger partial charge in [0.15, 0.2) is 8.32 Å². The van der Waals surface area contributed by atoms with Gasteiger partial charge in [0, 0.05) is 0 Å². The monoisotopic (exact) mass is 252 g/mol. The van der Waals surface area contributed by atoms with Crippen molar-refractivity contribution in [2.75, 3.05) is 0 Å². The molecule has 0 radical (unpaired) electrons. The highest BCUT2D eigenvalue weighted by Gasteiger charge is 2.30. The standard InChI is InChI=1S/C15H28OSi/c1-5-10-15(14-11-8-7-9-12-14)16-17(3,4)13-6-2/h5-6,14-15H,1-2,7-13H2,3-4H3. The zero-order valence-electron chi connectivity index (χ0n) is 11.6. The molecule has 1 rings (SSSR count). The molecule has 0 heterocycles. The second-order valence-corrected chi connectivity index (χ2v) is 9.99. The molecule has 0 aromatic heterocycles. The van der Waals surface area contributed by atoms with Crippen molar-refractivity contribution in [1.82, 2.24) is 0 Å². The Labute approximate surface area is 108 Å². The summed E-state index contributed by atoms with van der Waals surface area (Å²) in [4.78, 5) is 0. The summed E-state index contributed by atoms with van der Waals surface area (Å²) >= 11 is 0. The summed E-state index contributed by atoms with van der Waals surface area (Å²) in [6.45, 7) is 12.3. The fourth-order valence-corrected chi connectivity index (χ4v) is 4.71. The first kappa shape index (κ1) is 14.7. The Balaban J connectivity index is 2.57. The topological polar surface area (TPSA) is 9.23 Å². The third kappa shape index (κ3) is 5.22. The van der Waals surface area contributed by atoms with E-state index in [1.54, 1.807) is 0 Å². The Kier molecular flexibility index (Phi) is 6.21. The van der Waals surface area contributed by atoms with E-state index >= 15 is 0 Å². The third-order valence-corrected chi connectivity index (χ3v) is 5.89. The predicted molar refractivity (Wildman–Crippen MR) is 78.7 cm³/mol.